The first-order chi connectivity index (χ1) is 8.09. The summed E-state index contributed by atoms with van der Waals surface area (Å²) in [5.41, 5.74) is 4.10. The fraction of sp³-hybridized carbons (Fsp3) is 0.500. The highest BCUT2D eigenvalue weighted by Gasteiger charge is 2.25. The van der Waals surface area contributed by atoms with Gasteiger partial charge in [-0.25, -0.2) is 0 Å². The van der Waals surface area contributed by atoms with Gasteiger partial charge in [0.2, 0.25) is 0 Å². The summed E-state index contributed by atoms with van der Waals surface area (Å²) < 4.78 is 10.7. The topological polar surface area (TPSA) is 35.5 Å². The van der Waals surface area contributed by atoms with Crippen molar-refractivity contribution in [2.45, 2.75) is 26.9 Å². The molecule has 1 fully saturated rings. The van der Waals surface area contributed by atoms with E-state index in [2.05, 4.69) is 6.92 Å². The molecule has 2 rings (SSSR count). The average Bonchev–Trinajstić information content (AvgIpc) is 2.34. The molecule has 0 radical (unpaired) electrons. The lowest BCUT2D eigenvalue weighted by molar-refractivity contribution is -0.0719. The Morgan fingerprint density at radius 1 is 1.12 bits per heavy atom. The van der Waals surface area contributed by atoms with Gasteiger partial charge in [-0.3, -0.25) is 4.79 Å². The average molecular weight is 234 g/mol. The van der Waals surface area contributed by atoms with Gasteiger partial charge in [0.05, 0.1) is 19.8 Å². The molecular formula is C14H18O3. The van der Waals surface area contributed by atoms with Crippen LogP contribution in [-0.4, -0.2) is 31.7 Å². The Balaban J connectivity index is 2.26. The van der Waals surface area contributed by atoms with Crippen LogP contribution in [0.5, 0.6) is 0 Å². The van der Waals surface area contributed by atoms with Gasteiger partial charge in [-0.2, -0.15) is 0 Å². The second-order valence-electron chi connectivity index (χ2n) is 4.55. The molecule has 0 amide bonds. The molecule has 1 aliphatic rings. The van der Waals surface area contributed by atoms with E-state index in [1.807, 2.05) is 26.0 Å². The maximum Gasteiger partial charge on any atom is 0.194 e. The van der Waals surface area contributed by atoms with Crippen molar-refractivity contribution in [3.05, 3.63) is 34.4 Å². The Labute approximate surface area is 102 Å². The standard InChI is InChI=1S/C14H18O3/c1-9-6-11(3)12(7-10(9)2)14(15)13-8-16-4-5-17-13/h6-7,13H,4-5,8H2,1-3H3. The van der Waals surface area contributed by atoms with Crippen LogP contribution in [0, 0.1) is 20.8 Å². The molecule has 1 aliphatic heterocycles. The molecule has 0 spiro atoms. The zero-order valence-corrected chi connectivity index (χ0v) is 10.6. The quantitative estimate of drug-likeness (QED) is 0.736. The minimum atomic E-state index is -0.440. The van der Waals surface area contributed by atoms with Crippen LogP contribution in [0.4, 0.5) is 0 Å². The van der Waals surface area contributed by atoms with Crippen LogP contribution in [0.15, 0.2) is 12.1 Å². The third-order valence-electron chi connectivity index (χ3n) is 3.21. The van der Waals surface area contributed by atoms with Crippen molar-refractivity contribution in [3.8, 4) is 0 Å². The molecule has 1 saturated heterocycles. The highest BCUT2D eigenvalue weighted by molar-refractivity contribution is 6.01. The van der Waals surface area contributed by atoms with Crippen molar-refractivity contribution in [1.29, 1.82) is 0 Å². The molecule has 0 aromatic heterocycles. The first kappa shape index (κ1) is 12.3. The maximum atomic E-state index is 12.3. The molecular weight excluding hydrogens is 216 g/mol. The van der Waals surface area contributed by atoms with Crippen molar-refractivity contribution in [3.63, 3.8) is 0 Å². The number of rotatable bonds is 2. The summed E-state index contributed by atoms with van der Waals surface area (Å²) in [6, 6.07) is 4.00. The summed E-state index contributed by atoms with van der Waals surface area (Å²) in [6.45, 7) is 7.48. The maximum absolute atomic E-state index is 12.3. The van der Waals surface area contributed by atoms with Crippen molar-refractivity contribution in [1.82, 2.24) is 0 Å². The van der Waals surface area contributed by atoms with Gasteiger partial charge in [0.1, 0.15) is 6.10 Å². The monoisotopic (exact) mass is 234 g/mol. The number of carbonyl (C=O) groups is 1. The van der Waals surface area contributed by atoms with Crippen molar-refractivity contribution < 1.29 is 14.3 Å². The van der Waals surface area contributed by atoms with E-state index in [4.69, 9.17) is 9.47 Å². The van der Waals surface area contributed by atoms with E-state index in [0.717, 1.165) is 16.7 Å². The highest BCUT2D eigenvalue weighted by Crippen LogP contribution is 2.18. The Morgan fingerprint density at radius 3 is 2.47 bits per heavy atom. The van der Waals surface area contributed by atoms with E-state index in [0.29, 0.717) is 19.8 Å². The van der Waals surface area contributed by atoms with Crippen LogP contribution in [-0.2, 0) is 9.47 Å². The minimum Gasteiger partial charge on any atom is -0.376 e. The van der Waals surface area contributed by atoms with E-state index >= 15 is 0 Å². The SMILES string of the molecule is Cc1cc(C)c(C(=O)C2COCCO2)cc1C. The first-order valence-electron chi connectivity index (χ1n) is 5.91. The van der Waals surface area contributed by atoms with Gasteiger partial charge in [-0.15, -0.1) is 0 Å². The Bertz CT molecular complexity index is 431. The predicted octanol–water partition coefficient (Wildman–Crippen LogP) is 2.21. The van der Waals surface area contributed by atoms with Crippen molar-refractivity contribution >= 4 is 5.78 Å². The number of carbonyl (C=O) groups excluding carboxylic acids is 1. The van der Waals surface area contributed by atoms with Gasteiger partial charge in [-0.05, 0) is 43.5 Å². The molecule has 17 heavy (non-hydrogen) atoms. The number of Topliss-reactive ketones (excluding diaryl/α,β-unsaturated/α-hetero) is 1. The van der Waals surface area contributed by atoms with E-state index in [9.17, 15) is 4.79 Å². The Morgan fingerprint density at radius 2 is 1.82 bits per heavy atom. The molecule has 1 atom stereocenters. The number of hydrogen-bond donors (Lipinski definition) is 0. The van der Waals surface area contributed by atoms with Gasteiger partial charge in [0.25, 0.3) is 0 Å². The van der Waals surface area contributed by atoms with Crippen LogP contribution in [0.25, 0.3) is 0 Å². The molecule has 1 aromatic rings. The molecule has 1 aromatic carbocycles. The number of ketones is 1. The summed E-state index contributed by atoms with van der Waals surface area (Å²) in [4.78, 5) is 12.3. The van der Waals surface area contributed by atoms with Gasteiger partial charge in [-0.1, -0.05) is 6.07 Å². The number of benzene rings is 1. The Hall–Kier alpha value is -1.19. The van der Waals surface area contributed by atoms with E-state index in [1.54, 1.807) is 0 Å². The van der Waals surface area contributed by atoms with Crippen LogP contribution >= 0.6 is 0 Å². The summed E-state index contributed by atoms with van der Waals surface area (Å²) >= 11 is 0. The second-order valence-corrected chi connectivity index (χ2v) is 4.55. The zero-order chi connectivity index (χ0) is 12.4. The van der Waals surface area contributed by atoms with E-state index < -0.39 is 6.10 Å². The van der Waals surface area contributed by atoms with Gasteiger partial charge in [0, 0.05) is 5.56 Å². The van der Waals surface area contributed by atoms with E-state index in [-0.39, 0.29) is 5.78 Å². The zero-order valence-electron chi connectivity index (χ0n) is 10.6. The molecule has 0 saturated carbocycles. The lowest BCUT2D eigenvalue weighted by atomic mass is 9.96. The summed E-state index contributed by atoms with van der Waals surface area (Å²) in [5, 5.41) is 0. The van der Waals surface area contributed by atoms with Gasteiger partial charge in [0.15, 0.2) is 5.78 Å². The minimum absolute atomic E-state index is 0.0327. The van der Waals surface area contributed by atoms with Crippen LogP contribution in [0.3, 0.4) is 0 Å². The summed E-state index contributed by atoms with van der Waals surface area (Å²) in [6.07, 6.45) is -0.440. The normalized spacial score (nSPS) is 20.3. The first-order valence-corrected chi connectivity index (χ1v) is 5.91. The molecule has 3 heteroatoms. The fourth-order valence-corrected chi connectivity index (χ4v) is 2.04. The highest BCUT2D eigenvalue weighted by atomic mass is 16.6. The lowest BCUT2D eigenvalue weighted by Gasteiger charge is -2.22. The third-order valence-corrected chi connectivity index (χ3v) is 3.21. The smallest absolute Gasteiger partial charge is 0.194 e. The fourth-order valence-electron chi connectivity index (χ4n) is 2.04. The molecule has 3 nitrogen and oxygen atoms in total. The summed E-state index contributed by atoms with van der Waals surface area (Å²) in [5.74, 6) is 0.0327. The van der Waals surface area contributed by atoms with Crippen molar-refractivity contribution in [2.24, 2.45) is 0 Å². The molecule has 1 unspecified atom stereocenters. The molecule has 0 N–H and O–H groups in total. The molecule has 92 valence electrons. The van der Waals surface area contributed by atoms with E-state index in [1.165, 1.54) is 5.56 Å². The molecule has 0 bridgehead atoms. The second kappa shape index (κ2) is 4.98. The van der Waals surface area contributed by atoms with Crippen LogP contribution in [0.1, 0.15) is 27.0 Å². The van der Waals surface area contributed by atoms with Crippen molar-refractivity contribution in [2.75, 3.05) is 19.8 Å². The van der Waals surface area contributed by atoms with Gasteiger partial charge >= 0.3 is 0 Å². The number of hydrogen-bond acceptors (Lipinski definition) is 3. The summed E-state index contributed by atoms with van der Waals surface area (Å²) in [7, 11) is 0. The lowest BCUT2D eigenvalue weighted by Crippen LogP contribution is -2.35. The molecule has 0 aliphatic carbocycles. The Kier molecular flexibility index (Phi) is 3.60. The largest absolute Gasteiger partial charge is 0.376 e. The van der Waals surface area contributed by atoms with Crippen LogP contribution < -0.4 is 0 Å². The van der Waals surface area contributed by atoms with Gasteiger partial charge < -0.3 is 9.47 Å². The third kappa shape index (κ3) is 2.56. The predicted molar refractivity (Wildman–Crippen MR) is 65.5 cm³/mol. The molecule has 1 heterocycles. The number of ether oxygens (including phenoxy) is 2. The number of aryl methyl sites for hydroxylation is 3. The van der Waals surface area contributed by atoms with Crippen LogP contribution in [0.2, 0.25) is 0 Å².